The van der Waals surface area contributed by atoms with E-state index in [4.69, 9.17) is 9.97 Å². The molecule has 15 heteroatoms. The Morgan fingerprint density at radius 1 is 0.910 bits per heavy atom. The molecule has 348 valence electrons. The Hall–Kier alpha value is -6.16. The largest absolute Gasteiger partial charge is 0.385 e. The second kappa shape index (κ2) is 18.1. The van der Waals surface area contributed by atoms with Gasteiger partial charge in [-0.2, -0.15) is 4.98 Å². The highest BCUT2D eigenvalue weighted by molar-refractivity contribution is 6.05. The Morgan fingerprint density at radius 2 is 1.66 bits per heavy atom. The van der Waals surface area contributed by atoms with E-state index >= 15 is 0 Å². The lowest BCUT2D eigenvalue weighted by Crippen LogP contribution is -2.52. The Bertz CT molecular complexity index is 2800. The topological polar surface area (TPSA) is 183 Å². The fourth-order valence-corrected chi connectivity index (χ4v) is 11.4. The number of fused-ring (bicyclic) bond motifs is 2. The molecule has 0 bridgehead atoms. The van der Waals surface area contributed by atoms with Crippen LogP contribution in [-0.4, -0.2) is 95.1 Å². The molecule has 67 heavy (non-hydrogen) atoms. The number of hydrogen-bond donors (Lipinski definition) is 3. The predicted molar refractivity (Wildman–Crippen MR) is 253 cm³/mol. The first-order chi connectivity index (χ1) is 32.3. The molecule has 3 aromatic heterocycles. The zero-order chi connectivity index (χ0) is 46.6. The highest BCUT2D eigenvalue weighted by Gasteiger charge is 2.41. The van der Waals surface area contributed by atoms with Gasteiger partial charge in [-0.05, 0) is 130 Å². The number of nitrogens with zero attached hydrogens (tertiary/aromatic N) is 7. The Balaban J connectivity index is 0.704. The fourth-order valence-electron chi connectivity index (χ4n) is 11.4. The van der Waals surface area contributed by atoms with Gasteiger partial charge in [0, 0.05) is 68.0 Å². The van der Waals surface area contributed by atoms with Crippen molar-refractivity contribution in [3.05, 3.63) is 122 Å². The number of carbonyl (C=O) groups excluding carboxylic acids is 4. The average molecular weight is 906 g/mol. The number of hydrogen-bond acceptors (Lipinski definition) is 12. The maximum absolute atomic E-state index is 13.6. The zero-order valence-corrected chi connectivity index (χ0v) is 38.6. The van der Waals surface area contributed by atoms with Crippen molar-refractivity contribution < 1.29 is 24.3 Å². The number of Topliss-reactive ketones (excluding diaryl/α,β-unsaturated/α-hetero) is 1. The maximum Gasteiger partial charge on any atom is 0.263 e. The maximum atomic E-state index is 13.6. The van der Waals surface area contributed by atoms with Gasteiger partial charge in [0.15, 0.2) is 5.78 Å². The summed E-state index contributed by atoms with van der Waals surface area (Å²) in [6.45, 7) is 10.1. The van der Waals surface area contributed by atoms with E-state index in [9.17, 15) is 29.1 Å². The molecule has 4 aliphatic heterocycles. The number of imide groups is 1. The first-order valence-electron chi connectivity index (χ1n) is 24.0. The molecule has 3 saturated heterocycles. The van der Waals surface area contributed by atoms with Gasteiger partial charge in [-0.15, -0.1) is 0 Å². The van der Waals surface area contributed by atoms with Crippen LogP contribution in [0.1, 0.15) is 150 Å². The molecular weight excluding hydrogens is 847 g/mol. The molecule has 5 aliphatic rings. The minimum absolute atomic E-state index is 0.0137. The summed E-state index contributed by atoms with van der Waals surface area (Å²) in [6, 6.07) is 18.2. The van der Waals surface area contributed by atoms with E-state index in [0.717, 1.165) is 82.4 Å². The summed E-state index contributed by atoms with van der Waals surface area (Å²) in [5.74, 6) is 0.230. The number of nitrogens with one attached hydrogen (secondary N) is 2. The van der Waals surface area contributed by atoms with Gasteiger partial charge in [0.05, 0.1) is 11.2 Å². The number of benzene rings is 2. The molecular formula is C52H59N9O6. The number of aryl methyl sites for hydroxylation is 1. The highest BCUT2D eigenvalue weighted by atomic mass is 16.3. The van der Waals surface area contributed by atoms with E-state index in [2.05, 4.69) is 62.7 Å². The summed E-state index contributed by atoms with van der Waals surface area (Å²) in [5, 5.41) is 18.2. The minimum atomic E-state index is -1.01. The van der Waals surface area contributed by atoms with Crippen LogP contribution in [-0.2, 0) is 28.3 Å². The van der Waals surface area contributed by atoms with Crippen molar-refractivity contribution >= 4 is 46.3 Å². The smallest absolute Gasteiger partial charge is 0.263 e. The van der Waals surface area contributed by atoms with Crippen LogP contribution >= 0.6 is 0 Å². The quantitative estimate of drug-likeness (QED) is 0.0939. The third-order valence-corrected chi connectivity index (χ3v) is 15.4. The number of aliphatic hydroxyl groups is 1. The molecule has 2 aromatic carbocycles. The lowest BCUT2D eigenvalue weighted by Gasteiger charge is -2.41. The van der Waals surface area contributed by atoms with Crippen molar-refractivity contribution in [3.8, 4) is 0 Å². The average Bonchev–Trinajstić information content (AvgIpc) is 3.97. The van der Waals surface area contributed by atoms with Crippen LogP contribution in [0.4, 0.5) is 11.8 Å². The third-order valence-electron chi connectivity index (χ3n) is 15.4. The first kappa shape index (κ1) is 44.7. The standard InChI is InChI=1S/C52H59N9O6/c1-31-42-28-54-51(57-47(42)61(40-6-4-5-7-40)50(66)46(31)33(3)62)55-44-16-12-37(27-53-44)36-18-22-58(23-19-36)29-34-8-10-35(11-9-34)32(2)59-24-20-52(67,21-25-59)39-13-14-41-38(26-39)30-60(49(41)65)43-15-17-45(63)56-48(43)64/h8-14,16,26-28,32,36,40,43,67H,4-7,15,17-25,29-30H2,1-3H3,(H,56,63,64)(H,53,54,55,57)/t32-,43?/m1/s1. The Labute approximate surface area is 390 Å². The minimum Gasteiger partial charge on any atom is -0.385 e. The normalized spacial score (nSPS) is 21.2. The molecule has 3 amide bonds. The predicted octanol–water partition coefficient (Wildman–Crippen LogP) is 6.74. The summed E-state index contributed by atoms with van der Waals surface area (Å²) in [4.78, 5) is 84.2. The molecule has 1 saturated carbocycles. The number of ketones is 1. The van der Waals surface area contributed by atoms with Gasteiger partial charge in [0.25, 0.3) is 11.5 Å². The Morgan fingerprint density at radius 3 is 2.34 bits per heavy atom. The number of carbonyl (C=O) groups is 4. The molecule has 1 unspecified atom stereocenters. The van der Waals surface area contributed by atoms with Crippen LogP contribution < -0.4 is 16.2 Å². The van der Waals surface area contributed by atoms with Crippen molar-refractivity contribution in [2.45, 2.75) is 128 Å². The highest BCUT2D eigenvalue weighted by Crippen LogP contribution is 2.39. The van der Waals surface area contributed by atoms with Gasteiger partial charge in [0.2, 0.25) is 17.8 Å². The van der Waals surface area contributed by atoms with E-state index < -0.39 is 17.6 Å². The molecule has 1 aliphatic carbocycles. The van der Waals surface area contributed by atoms with Crippen molar-refractivity contribution in [1.82, 2.24) is 39.5 Å². The summed E-state index contributed by atoms with van der Waals surface area (Å²) in [6.07, 6.45) is 11.3. The van der Waals surface area contributed by atoms with Crippen molar-refractivity contribution in [2.75, 3.05) is 31.5 Å². The van der Waals surface area contributed by atoms with Crippen molar-refractivity contribution in [1.29, 1.82) is 0 Å². The second-order valence-corrected chi connectivity index (χ2v) is 19.5. The van der Waals surface area contributed by atoms with Crippen LogP contribution in [0.15, 0.2) is 71.8 Å². The van der Waals surface area contributed by atoms with Gasteiger partial charge in [-0.25, -0.2) is 9.97 Å². The summed E-state index contributed by atoms with van der Waals surface area (Å²) in [5.41, 5.74) is 6.04. The molecule has 2 atom stereocenters. The number of likely N-dealkylation sites (tertiary alicyclic amines) is 2. The van der Waals surface area contributed by atoms with Crippen molar-refractivity contribution in [2.24, 2.45) is 0 Å². The van der Waals surface area contributed by atoms with Crippen molar-refractivity contribution in [3.63, 3.8) is 0 Å². The van der Waals surface area contributed by atoms with Crippen LogP contribution in [0.5, 0.6) is 0 Å². The molecule has 10 rings (SSSR count). The monoisotopic (exact) mass is 905 g/mol. The summed E-state index contributed by atoms with van der Waals surface area (Å²) in [7, 11) is 0. The lowest BCUT2D eigenvalue weighted by molar-refractivity contribution is -0.136. The van der Waals surface area contributed by atoms with Gasteiger partial charge in [0.1, 0.15) is 17.5 Å². The summed E-state index contributed by atoms with van der Waals surface area (Å²) >= 11 is 0. The number of pyridine rings is 2. The molecule has 5 aromatic rings. The van der Waals surface area contributed by atoms with Gasteiger partial charge in [-0.1, -0.05) is 55.3 Å². The number of anilines is 2. The van der Waals surface area contributed by atoms with Gasteiger partial charge >= 0.3 is 0 Å². The van der Waals surface area contributed by atoms with Crippen LogP contribution in [0, 0.1) is 6.92 Å². The SMILES string of the molecule is CC(=O)c1c(C)c2cnc(Nc3ccc(C4CCN(Cc5ccc([C@@H](C)N6CCC(O)(c7ccc8c(c7)CN(C7CCC(=O)NC7=O)C8=O)CC6)cc5)CC4)cn3)nc2n(C2CCCC2)c1=O. The van der Waals surface area contributed by atoms with Crippen LogP contribution in [0.25, 0.3) is 11.0 Å². The van der Waals surface area contributed by atoms with Crippen LogP contribution in [0.2, 0.25) is 0 Å². The van der Waals surface area contributed by atoms with Gasteiger partial charge in [-0.3, -0.25) is 43.7 Å². The van der Waals surface area contributed by atoms with E-state index in [1.165, 1.54) is 23.6 Å². The molecule has 4 fully saturated rings. The lowest BCUT2D eigenvalue weighted by atomic mass is 9.82. The fraction of sp³-hybridized carbons (Fsp3) is 0.462. The molecule has 0 radical (unpaired) electrons. The van der Waals surface area contributed by atoms with Gasteiger partial charge < -0.3 is 15.3 Å². The number of aromatic nitrogens is 4. The molecule has 15 nitrogen and oxygen atoms in total. The van der Waals surface area contributed by atoms with E-state index in [0.29, 0.717) is 65.7 Å². The van der Waals surface area contributed by atoms with E-state index in [1.807, 2.05) is 24.4 Å². The first-order valence-corrected chi connectivity index (χ1v) is 24.0. The molecule has 3 N–H and O–H groups in total. The number of amides is 3. The molecule has 0 spiro atoms. The number of piperidine rings is 3. The molecule has 7 heterocycles. The zero-order valence-electron chi connectivity index (χ0n) is 38.6. The Kier molecular flexibility index (Phi) is 12.1. The van der Waals surface area contributed by atoms with Crippen LogP contribution in [0.3, 0.4) is 0 Å². The second-order valence-electron chi connectivity index (χ2n) is 19.5. The van der Waals surface area contributed by atoms with E-state index in [-0.39, 0.29) is 47.2 Å². The third kappa shape index (κ3) is 8.68. The summed E-state index contributed by atoms with van der Waals surface area (Å²) < 4.78 is 1.73. The van der Waals surface area contributed by atoms with E-state index in [1.54, 1.807) is 28.7 Å². The number of rotatable bonds is 11.